The van der Waals surface area contributed by atoms with Crippen molar-refractivity contribution < 1.29 is 4.79 Å². The van der Waals surface area contributed by atoms with Crippen LogP contribution >= 0.6 is 0 Å². The van der Waals surface area contributed by atoms with Gasteiger partial charge in [-0.3, -0.25) is 10.1 Å². The fourth-order valence-corrected chi connectivity index (χ4v) is 2.33. The third-order valence-corrected chi connectivity index (χ3v) is 3.65. The Hall–Kier alpha value is -0.610. The van der Waals surface area contributed by atoms with E-state index in [0.29, 0.717) is 6.54 Å². The summed E-state index contributed by atoms with van der Waals surface area (Å²) >= 11 is 0. The van der Waals surface area contributed by atoms with Crippen molar-refractivity contribution in [2.75, 3.05) is 33.9 Å². The van der Waals surface area contributed by atoms with Crippen LogP contribution in [0.4, 0.5) is 0 Å². The average Bonchev–Trinajstić information content (AvgIpc) is 2.43. The molecule has 0 aromatic rings. The molecule has 0 spiro atoms. The molecule has 4 nitrogen and oxygen atoms in total. The molecule has 0 unspecified atom stereocenters. The van der Waals surface area contributed by atoms with Crippen LogP contribution < -0.4 is 5.32 Å². The van der Waals surface area contributed by atoms with E-state index in [0.717, 1.165) is 13.2 Å². The maximum absolute atomic E-state index is 11.5. The maximum atomic E-state index is 11.5. The second-order valence-corrected chi connectivity index (χ2v) is 4.65. The van der Waals surface area contributed by atoms with Crippen molar-refractivity contribution in [3.63, 3.8) is 0 Å². The molecule has 0 aromatic heterocycles. The lowest BCUT2D eigenvalue weighted by Gasteiger charge is -2.49. The molecule has 1 saturated heterocycles. The Labute approximate surface area is 85.2 Å². The molecule has 4 heteroatoms. The van der Waals surface area contributed by atoms with Crippen LogP contribution in [0.15, 0.2) is 0 Å². The fourth-order valence-electron chi connectivity index (χ4n) is 2.33. The molecule has 14 heavy (non-hydrogen) atoms. The van der Waals surface area contributed by atoms with Gasteiger partial charge in [-0.05, 0) is 33.4 Å². The summed E-state index contributed by atoms with van der Waals surface area (Å²) in [7, 11) is 4.24. The Bertz CT molecular complexity index is 236. The highest BCUT2D eigenvalue weighted by Gasteiger charge is 2.41. The van der Waals surface area contributed by atoms with Crippen LogP contribution in [0.3, 0.4) is 0 Å². The highest BCUT2D eigenvalue weighted by molar-refractivity contribution is 5.80. The summed E-state index contributed by atoms with van der Waals surface area (Å²) in [5.41, 5.74) is 0.266. The maximum Gasteiger partial charge on any atom is 0.237 e. The predicted octanol–water partition coefficient (Wildman–Crippen LogP) is -0.140. The minimum Gasteiger partial charge on any atom is -0.327 e. The van der Waals surface area contributed by atoms with Crippen LogP contribution in [0.5, 0.6) is 0 Å². The average molecular weight is 197 g/mol. The van der Waals surface area contributed by atoms with Crippen LogP contribution in [0.25, 0.3) is 0 Å². The van der Waals surface area contributed by atoms with E-state index in [1.54, 1.807) is 0 Å². The van der Waals surface area contributed by atoms with Gasteiger partial charge in [0.25, 0.3) is 0 Å². The molecule has 1 aliphatic carbocycles. The summed E-state index contributed by atoms with van der Waals surface area (Å²) in [4.78, 5) is 15.7. The Morgan fingerprint density at radius 1 is 1.50 bits per heavy atom. The molecule has 0 radical (unpaired) electrons. The lowest BCUT2D eigenvalue weighted by atomic mass is 9.75. The summed E-state index contributed by atoms with van der Waals surface area (Å²) in [6.45, 7) is 2.14. The van der Waals surface area contributed by atoms with E-state index in [9.17, 15) is 4.79 Å². The molecule has 2 fully saturated rings. The molecule has 1 saturated carbocycles. The van der Waals surface area contributed by atoms with E-state index in [-0.39, 0.29) is 11.4 Å². The van der Waals surface area contributed by atoms with Gasteiger partial charge in [-0.2, -0.15) is 0 Å². The first-order valence-corrected chi connectivity index (χ1v) is 5.30. The molecule has 0 aromatic carbocycles. The predicted molar refractivity (Wildman–Crippen MR) is 54.9 cm³/mol. The standard InChI is InChI=1S/C10H19N3O/c1-12(2)10(4-3-5-10)7-13-8-11-6-9(13)14/h11H,3-8H2,1-2H3. The quantitative estimate of drug-likeness (QED) is 0.684. The van der Waals surface area contributed by atoms with Crippen LogP contribution in [0.1, 0.15) is 19.3 Å². The minimum atomic E-state index is 0.248. The zero-order valence-electron chi connectivity index (χ0n) is 9.05. The van der Waals surface area contributed by atoms with Gasteiger partial charge in [0, 0.05) is 12.1 Å². The fraction of sp³-hybridized carbons (Fsp3) is 0.900. The topological polar surface area (TPSA) is 35.6 Å². The Morgan fingerprint density at radius 2 is 2.21 bits per heavy atom. The third kappa shape index (κ3) is 1.53. The first kappa shape index (κ1) is 9.93. The summed E-state index contributed by atoms with van der Waals surface area (Å²) < 4.78 is 0. The van der Waals surface area contributed by atoms with Gasteiger partial charge >= 0.3 is 0 Å². The second-order valence-electron chi connectivity index (χ2n) is 4.65. The van der Waals surface area contributed by atoms with Gasteiger partial charge in [-0.15, -0.1) is 0 Å². The van der Waals surface area contributed by atoms with E-state index in [2.05, 4.69) is 24.3 Å². The molecule has 2 aliphatic rings. The summed E-state index contributed by atoms with van der Waals surface area (Å²) in [6.07, 6.45) is 3.75. The van der Waals surface area contributed by atoms with E-state index >= 15 is 0 Å². The molecule has 1 heterocycles. The van der Waals surface area contributed by atoms with Gasteiger partial charge in [-0.1, -0.05) is 0 Å². The summed E-state index contributed by atoms with van der Waals surface area (Å²) in [5, 5.41) is 3.09. The number of rotatable bonds is 3. The highest BCUT2D eigenvalue weighted by atomic mass is 16.2. The van der Waals surface area contributed by atoms with Crippen molar-refractivity contribution in [1.82, 2.24) is 15.1 Å². The molecule has 0 atom stereocenters. The number of amides is 1. The third-order valence-electron chi connectivity index (χ3n) is 3.65. The van der Waals surface area contributed by atoms with Gasteiger partial charge in [0.2, 0.25) is 5.91 Å². The lowest BCUT2D eigenvalue weighted by Crippen LogP contribution is -2.57. The Balaban J connectivity index is 1.97. The number of hydrogen-bond donors (Lipinski definition) is 1. The van der Waals surface area contributed by atoms with Gasteiger partial charge in [-0.25, -0.2) is 0 Å². The van der Waals surface area contributed by atoms with Crippen molar-refractivity contribution in [3.05, 3.63) is 0 Å². The van der Waals surface area contributed by atoms with Crippen molar-refractivity contribution in [2.24, 2.45) is 0 Å². The van der Waals surface area contributed by atoms with E-state index in [1.165, 1.54) is 19.3 Å². The van der Waals surface area contributed by atoms with Crippen molar-refractivity contribution in [3.8, 4) is 0 Å². The van der Waals surface area contributed by atoms with Crippen LogP contribution in [-0.2, 0) is 4.79 Å². The monoisotopic (exact) mass is 197 g/mol. The number of carbonyl (C=O) groups excluding carboxylic acids is 1. The van der Waals surface area contributed by atoms with Crippen molar-refractivity contribution in [1.29, 1.82) is 0 Å². The first-order chi connectivity index (χ1) is 6.64. The number of carbonyl (C=O) groups is 1. The van der Waals surface area contributed by atoms with E-state index in [1.807, 2.05) is 4.90 Å². The molecule has 1 N–H and O–H groups in total. The zero-order valence-corrected chi connectivity index (χ0v) is 9.05. The Kier molecular flexibility index (Phi) is 2.49. The molecule has 1 aliphatic heterocycles. The smallest absolute Gasteiger partial charge is 0.237 e. The molecule has 1 amide bonds. The molecule has 2 rings (SSSR count). The normalized spacial score (nSPS) is 25.6. The van der Waals surface area contributed by atoms with Gasteiger partial charge in [0.05, 0.1) is 13.2 Å². The van der Waals surface area contributed by atoms with Crippen LogP contribution in [0.2, 0.25) is 0 Å². The number of likely N-dealkylation sites (N-methyl/N-ethyl adjacent to an activating group) is 1. The Morgan fingerprint density at radius 3 is 2.57 bits per heavy atom. The summed E-state index contributed by atoms with van der Waals surface area (Å²) in [6, 6.07) is 0. The number of nitrogens with zero attached hydrogens (tertiary/aromatic N) is 2. The van der Waals surface area contributed by atoms with Crippen molar-refractivity contribution >= 4 is 5.91 Å². The van der Waals surface area contributed by atoms with Crippen molar-refractivity contribution in [2.45, 2.75) is 24.8 Å². The van der Waals surface area contributed by atoms with E-state index < -0.39 is 0 Å². The highest BCUT2D eigenvalue weighted by Crippen LogP contribution is 2.36. The molecular weight excluding hydrogens is 178 g/mol. The molecule has 0 bridgehead atoms. The zero-order chi connectivity index (χ0) is 10.2. The molecule has 80 valence electrons. The number of nitrogens with one attached hydrogen (secondary N) is 1. The van der Waals surface area contributed by atoms with Crippen LogP contribution in [-0.4, -0.2) is 55.1 Å². The largest absolute Gasteiger partial charge is 0.327 e. The van der Waals surface area contributed by atoms with Gasteiger partial charge in [0.1, 0.15) is 0 Å². The SMILES string of the molecule is CN(C)C1(CN2CNCC2=O)CCC1. The first-order valence-electron chi connectivity index (χ1n) is 5.30. The van der Waals surface area contributed by atoms with Crippen LogP contribution in [0, 0.1) is 0 Å². The number of hydrogen-bond acceptors (Lipinski definition) is 3. The second kappa shape index (κ2) is 3.51. The molecular formula is C10H19N3O. The van der Waals surface area contributed by atoms with Gasteiger partial charge < -0.3 is 9.80 Å². The summed E-state index contributed by atoms with van der Waals surface area (Å²) in [5.74, 6) is 0.248. The van der Waals surface area contributed by atoms with Gasteiger partial charge in [0.15, 0.2) is 0 Å². The minimum absolute atomic E-state index is 0.248. The van der Waals surface area contributed by atoms with E-state index in [4.69, 9.17) is 0 Å². The lowest BCUT2D eigenvalue weighted by molar-refractivity contribution is -0.129.